The summed E-state index contributed by atoms with van der Waals surface area (Å²) >= 11 is 0. The van der Waals surface area contributed by atoms with Gasteiger partial charge in [0.2, 0.25) is 0 Å². The minimum atomic E-state index is -0.263. The highest BCUT2D eigenvalue weighted by atomic mass is 16.2. The summed E-state index contributed by atoms with van der Waals surface area (Å²) in [4.78, 5) is 20.9. The van der Waals surface area contributed by atoms with Crippen molar-refractivity contribution < 1.29 is 4.79 Å². The predicted molar refractivity (Wildman–Crippen MR) is 104 cm³/mol. The molecule has 0 radical (unpaired) electrons. The first-order chi connectivity index (χ1) is 13.3. The molecule has 138 valence electrons. The monoisotopic (exact) mass is 362 g/mol. The van der Waals surface area contributed by atoms with Gasteiger partial charge in [-0.05, 0) is 48.6 Å². The summed E-state index contributed by atoms with van der Waals surface area (Å²) in [6.45, 7) is 1.50. The summed E-state index contributed by atoms with van der Waals surface area (Å²) in [5.74, 6) is 0.940. The fourth-order valence-electron chi connectivity index (χ4n) is 3.05. The zero-order valence-corrected chi connectivity index (χ0v) is 15.0. The Kier molecular flexibility index (Phi) is 5.09. The lowest BCUT2D eigenvalue weighted by Gasteiger charge is -2.26. The van der Waals surface area contributed by atoms with Crippen LogP contribution in [0.1, 0.15) is 35.3 Å². The molecule has 1 aliphatic rings. The van der Waals surface area contributed by atoms with E-state index >= 15 is 0 Å². The standard InChI is InChI=1S/C20H22N6O/c27-20(19-17(5-2-9-22-19)23-13-15-3-1-4-15)24-18-8-12-26(25-18)14-16-6-10-21-11-7-16/h2,5-12,15,23H,1,3-4,13-14H2,(H,24,25,27). The molecule has 1 saturated carbocycles. The summed E-state index contributed by atoms with van der Waals surface area (Å²) in [6, 6.07) is 9.39. The molecule has 3 aromatic rings. The van der Waals surface area contributed by atoms with Crippen molar-refractivity contribution in [1.82, 2.24) is 19.7 Å². The van der Waals surface area contributed by atoms with E-state index in [0.29, 0.717) is 24.0 Å². The van der Waals surface area contributed by atoms with E-state index in [0.717, 1.165) is 17.8 Å². The van der Waals surface area contributed by atoms with E-state index in [1.165, 1.54) is 19.3 Å². The molecule has 0 aromatic carbocycles. The van der Waals surface area contributed by atoms with Crippen molar-refractivity contribution in [2.24, 2.45) is 5.92 Å². The Balaban J connectivity index is 1.40. The summed E-state index contributed by atoms with van der Waals surface area (Å²) in [7, 11) is 0. The van der Waals surface area contributed by atoms with Crippen LogP contribution in [0.2, 0.25) is 0 Å². The lowest BCUT2D eigenvalue weighted by molar-refractivity contribution is 0.102. The zero-order chi connectivity index (χ0) is 18.5. The second-order valence-corrected chi connectivity index (χ2v) is 6.79. The second kappa shape index (κ2) is 7.99. The molecule has 0 bridgehead atoms. The molecule has 1 fully saturated rings. The minimum Gasteiger partial charge on any atom is -0.383 e. The van der Waals surface area contributed by atoms with E-state index in [9.17, 15) is 4.79 Å². The zero-order valence-electron chi connectivity index (χ0n) is 15.0. The molecule has 4 rings (SSSR count). The highest BCUT2D eigenvalue weighted by Gasteiger charge is 2.19. The van der Waals surface area contributed by atoms with Crippen molar-refractivity contribution in [2.45, 2.75) is 25.8 Å². The number of amides is 1. The van der Waals surface area contributed by atoms with Gasteiger partial charge >= 0.3 is 0 Å². The number of hydrogen-bond donors (Lipinski definition) is 2. The summed E-state index contributed by atoms with van der Waals surface area (Å²) in [5, 5.41) is 10.6. The Morgan fingerprint density at radius 3 is 2.78 bits per heavy atom. The Hall–Kier alpha value is -3.22. The van der Waals surface area contributed by atoms with Gasteiger partial charge in [0.1, 0.15) is 0 Å². The van der Waals surface area contributed by atoms with Crippen molar-refractivity contribution >= 4 is 17.4 Å². The van der Waals surface area contributed by atoms with Crippen LogP contribution in [0.15, 0.2) is 55.1 Å². The minimum absolute atomic E-state index is 0.263. The average Bonchev–Trinajstić information content (AvgIpc) is 3.08. The van der Waals surface area contributed by atoms with E-state index in [4.69, 9.17) is 0 Å². The number of hydrogen-bond acceptors (Lipinski definition) is 5. The summed E-state index contributed by atoms with van der Waals surface area (Å²) < 4.78 is 1.78. The molecular weight excluding hydrogens is 340 g/mol. The number of nitrogens with zero attached hydrogens (tertiary/aromatic N) is 4. The van der Waals surface area contributed by atoms with Crippen LogP contribution in [-0.2, 0) is 6.54 Å². The molecule has 1 aliphatic carbocycles. The van der Waals surface area contributed by atoms with Gasteiger partial charge in [0.05, 0.1) is 12.2 Å². The number of carbonyl (C=O) groups is 1. The first-order valence-corrected chi connectivity index (χ1v) is 9.20. The molecule has 0 spiro atoms. The van der Waals surface area contributed by atoms with Crippen molar-refractivity contribution in [2.75, 3.05) is 17.2 Å². The van der Waals surface area contributed by atoms with E-state index in [-0.39, 0.29) is 5.91 Å². The van der Waals surface area contributed by atoms with Gasteiger partial charge in [0.15, 0.2) is 11.5 Å². The molecule has 1 amide bonds. The van der Waals surface area contributed by atoms with Crippen LogP contribution in [-0.4, -0.2) is 32.2 Å². The molecule has 27 heavy (non-hydrogen) atoms. The number of carbonyl (C=O) groups excluding carboxylic acids is 1. The van der Waals surface area contributed by atoms with Gasteiger partial charge in [0, 0.05) is 37.4 Å². The quantitative estimate of drug-likeness (QED) is 0.674. The van der Waals surface area contributed by atoms with Gasteiger partial charge in [-0.15, -0.1) is 0 Å². The van der Waals surface area contributed by atoms with Crippen LogP contribution in [0.3, 0.4) is 0 Å². The maximum atomic E-state index is 12.7. The SMILES string of the molecule is O=C(Nc1ccn(Cc2ccncc2)n1)c1ncccc1NCC1CCC1. The van der Waals surface area contributed by atoms with Crippen LogP contribution in [0.25, 0.3) is 0 Å². The van der Waals surface area contributed by atoms with Gasteiger partial charge in [-0.3, -0.25) is 14.5 Å². The lowest BCUT2D eigenvalue weighted by atomic mass is 9.85. The van der Waals surface area contributed by atoms with E-state index in [2.05, 4.69) is 25.7 Å². The molecule has 7 heteroatoms. The van der Waals surface area contributed by atoms with Gasteiger partial charge in [-0.1, -0.05) is 6.42 Å². The Bertz CT molecular complexity index is 904. The molecule has 0 atom stereocenters. The van der Waals surface area contributed by atoms with E-state index in [1.54, 1.807) is 29.3 Å². The normalized spacial score (nSPS) is 13.8. The molecule has 0 saturated heterocycles. The third-order valence-corrected chi connectivity index (χ3v) is 4.80. The summed E-state index contributed by atoms with van der Waals surface area (Å²) in [5.41, 5.74) is 2.25. The number of rotatable bonds is 7. The van der Waals surface area contributed by atoms with Crippen molar-refractivity contribution in [3.8, 4) is 0 Å². The number of nitrogens with one attached hydrogen (secondary N) is 2. The highest BCUT2D eigenvalue weighted by molar-refractivity contribution is 6.06. The van der Waals surface area contributed by atoms with Crippen LogP contribution in [0.5, 0.6) is 0 Å². The van der Waals surface area contributed by atoms with Gasteiger partial charge in [-0.2, -0.15) is 5.10 Å². The Labute approximate surface area is 157 Å². The first kappa shape index (κ1) is 17.2. The third kappa shape index (κ3) is 4.31. The van der Waals surface area contributed by atoms with E-state index in [1.807, 2.05) is 30.5 Å². The predicted octanol–water partition coefficient (Wildman–Crippen LogP) is 3.19. The maximum Gasteiger partial charge on any atom is 0.277 e. The molecule has 0 aliphatic heterocycles. The lowest BCUT2D eigenvalue weighted by Crippen LogP contribution is -2.23. The largest absolute Gasteiger partial charge is 0.383 e. The topological polar surface area (TPSA) is 84.7 Å². The van der Waals surface area contributed by atoms with Crippen molar-refractivity contribution in [3.05, 3.63) is 66.4 Å². The smallest absolute Gasteiger partial charge is 0.277 e. The number of aromatic nitrogens is 4. The Morgan fingerprint density at radius 2 is 2.00 bits per heavy atom. The van der Waals surface area contributed by atoms with Gasteiger partial charge in [0.25, 0.3) is 5.91 Å². The molecule has 3 aromatic heterocycles. The average molecular weight is 362 g/mol. The molecule has 0 unspecified atom stereocenters. The molecule has 7 nitrogen and oxygen atoms in total. The van der Waals surface area contributed by atoms with E-state index < -0.39 is 0 Å². The number of anilines is 2. The van der Waals surface area contributed by atoms with Crippen LogP contribution in [0.4, 0.5) is 11.5 Å². The molecule has 2 N–H and O–H groups in total. The maximum absolute atomic E-state index is 12.7. The first-order valence-electron chi connectivity index (χ1n) is 9.20. The fourth-order valence-corrected chi connectivity index (χ4v) is 3.05. The van der Waals surface area contributed by atoms with Gasteiger partial charge in [-0.25, -0.2) is 4.98 Å². The fraction of sp³-hybridized carbons (Fsp3) is 0.300. The Morgan fingerprint density at radius 1 is 1.15 bits per heavy atom. The number of pyridine rings is 2. The van der Waals surface area contributed by atoms with Gasteiger partial charge < -0.3 is 10.6 Å². The van der Waals surface area contributed by atoms with Crippen molar-refractivity contribution in [3.63, 3.8) is 0 Å². The highest BCUT2D eigenvalue weighted by Crippen LogP contribution is 2.27. The third-order valence-electron chi connectivity index (χ3n) is 4.80. The summed E-state index contributed by atoms with van der Waals surface area (Å²) in [6.07, 6.45) is 10.8. The van der Waals surface area contributed by atoms with Crippen LogP contribution in [0, 0.1) is 5.92 Å². The second-order valence-electron chi connectivity index (χ2n) is 6.79. The van der Waals surface area contributed by atoms with Crippen LogP contribution < -0.4 is 10.6 Å². The van der Waals surface area contributed by atoms with Crippen molar-refractivity contribution in [1.29, 1.82) is 0 Å². The van der Waals surface area contributed by atoms with Crippen LogP contribution >= 0.6 is 0 Å². The molecule has 3 heterocycles. The molecular formula is C20H22N6O.